The van der Waals surface area contributed by atoms with Crippen molar-refractivity contribution in [3.63, 3.8) is 0 Å². The molecule has 1 N–H and O–H groups in total. The summed E-state index contributed by atoms with van der Waals surface area (Å²) in [6.45, 7) is 10.4. The van der Waals surface area contributed by atoms with Gasteiger partial charge in [0, 0.05) is 17.7 Å². The molecule has 3 heteroatoms. The van der Waals surface area contributed by atoms with Crippen LogP contribution in [0.25, 0.3) is 11.3 Å². The van der Waals surface area contributed by atoms with Gasteiger partial charge in [-0.15, -0.1) is 0 Å². The van der Waals surface area contributed by atoms with Crippen molar-refractivity contribution in [2.75, 3.05) is 6.54 Å². The molecule has 0 saturated carbocycles. The first-order valence-electron chi connectivity index (χ1n) is 6.80. The molecule has 1 aromatic heterocycles. The van der Waals surface area contributed by atoms with Crippen LogP contribution in [0.4, 0.5) is 0 Å². The van der Waals surface area contributed by atoms with Gasteiger partial charge in [0.05, 0.1) is 6.20 Å². The smallest absolute Gasteiger partial charge is 0.171 e. The van der Waals surface area contributed by atoms with Crippen molar-refractivity contribution in [3.8, 4) is 11.3 Å². The van der Waals surface area contributed by atoms with Crippen LogP contribution in [0.5, 0.6) is 0 Å². The summed E-state index contributed by atoms with van der Waals surface area (Å²) in [6, 6.07) is 6.39. The Kier molecular flexibility index (Phi) is 4.38. The van der Waals surface area contributed by atoms with E-state index >= 15 is 0 Å². The molecule has 0 atom stereocenters. The van der Waals surface area contributed by atoms with E-state index in [2.05, 4.69) is 56.4 Å². The van der Waals surface area contributed by atoms with Crippen LogP contribution >= 0.6 is 0 Å². The van der Waals surface area contributed by atoms with Gasteiger partial charge in [0.2, 0.25) is 0 Å². The number of nitrogens with one attached hydrogen (secondary N) is 1. The highest BCUT2D eigenvalue weighted by Gasteiger charge is 2.12. The molecule has 1 aromatic carbocycles. The zero-order chi connectivity index (χ0) is 13.8. The normalized spacial score (nSPS) is 11.2. The maximum Gasteiger partial charge on any atom is 0.171 e. The molecule has 1 heterocycles. The van der Waals surface area contributed by atoms with Crippen LogP contribution in [-0.4, -0.2) is 11.7 Å². The summed E-state index contributed by atoms with van der Waals surface area (Å²) in [5.41, 5.74) is 4.74. The van der Waals surface area contributed by atoms with Crippen LogP contribution in [0.15, 0.2) is 28.9 Å². The van der Waals surface area contributed by atoms with E-state index in [1.54, 1.807) is 0 Å². The van der Waals surface area contributed by atoms with E-state index in [1.807, 2.05) is 6.20 Å². The summed E-state index contributed by atoms with van der Waals surface area (Å²) >= 11 is 0. The molecule has 19 heavy (non-hydrogen) atoms. The third kappa shape index (κ3) is 3.44. The summed E-state index contributed by atoms with van der Waals surface area (Å²) in [4.78, 5) is 0. The lowest BCUT2D eigenvalue weighted by molar-refractivity contribution is 0.431. The van der Waals surface area contributed by atoms with E-state index in [0.717, 1.165) is 30.0 Å². The minimum absolute atomic E-state index is 0.643. The maximum atomic E-state index is 5.44. The van der Waals surface area contributed by atoms with Gasteiger partial charge in [0.25, 0.3) is 0 Å². The van der Waals surface area contributed by atoms with Crippen molar-refractivity contribution in [1.82, 2.24) is 10.5 Å². The molecule has 0 aliphatic rings. The number of hydrogen-bond donors (Lipinski definition) is 1. The molecule has 3 nitrogen and oxygen atoms in total. The summed E-state index contributed by atoms with van der Waals surface area (Å²) in [7, 11) is 0. The Balaban J connectivity index is 2.19. The molecule has 0 radical (unpaired) electrons. The molecule has 0 aliphatic carbocycles. The molecule has 0 saturated heterocycles. The van der Waals surface area contributed by atoms with Gasteiger partial charge in [-0.25, -0.2) is 0 Å². The quantitative estimate of drug-likeness (QED) is 0.888. The van der Waals surface area contributed by atoms with Crippen molar-refractivity contribution >= 4 is 0 Å². The van der Waals surface area contributed by atoms with Crippen molar-refractivity contribution < 1.29 is 4.52 Å². The first kappa shape index (κ1) is 13.8. The molecule has 0 amide bonds. The average molecular weight is 258 g/mol. The van der Waals surface area contributed by atoms with Gasteiger partial charge in [-0.05, 0) is 31.9 Å². The van der Waals surface area contributed by atoms with Gasteiger partial charge < -0.3 is 9.84 Å². The first-order valence-corrected chi connectivity index (χ1v) is 6.80. The second kappa shape index (κ2) is 6.02. The highest BCUT2D eigenvalue weighted by atomic mass is 16.5. The molecule has 0 fully saturated rings. The number of benzene rings is 1. The van der Waals surface area contributed by atoms with E-state index in [1.165, 1.54) is 11.1 Å². The van der Waals surface area contributed by atoms with Crippen LogP contribution in [0.1, 0.15) is 30.5 Å². The summed E-state index contributed by atoms with van der Waals surface area (Å²) in [6.07, 6.45) is 1.81. The van der Waals surface area contributed by atoms with Crippen LogP contribution in [0, 0.1) is 19.8 Å². The highest BCUT2D eigenvalue weighted by Crippen LogP contribution is 2.27. The molecule has 0 unspecified atom stereocenters. The van der Waals surface area contributed by atoms with Gasteiger partial charge >= 0.3 is 0 Å². The van der Waals surface area contributed by atoms with Crippen molar-refractivity contribution in [3.05, 3.63) is 41.1 Å². The zero-order valence-electron chi connectivity index (χ0n) is 12.2. The lowest BCUT2D eigenvalue weighted by Crippen LogP contribution is -2.19. The number of rotatable bonds is 5. The molecule has 0 bridgehead atoms. The molecule has 0 aliphatic heterocycles. The molecule has 2 rings (SSSR count). The SMILES string of the molecule is Cc1ccc(-c2oncc2CNCC(C)C)c(C)c1. The van der Waals surface area contributed by atoms with Gasteiger partial charge in [-0.2, -0.15) is 0 Å². The Labute approximate surface area is 115 Å². The van der Waals surface area contributed by atoms with Crippen molar-refractivity contribution in [2.45, 2.75) is 34.2 Å². The van der Waals surface area contributed by atoms with Crippen molar-refractivity contribution in [2.24, 2.45) is 5.92 Å². The number of aryl methyl sites for hydroxylation is 2. The van der Waals surface area contributed by atoms with Gasteiger partial charge in [-0.1, -0.05) is 42.8 Å². The molecule has 2 aromatic rings. The van der Waals surface area contributed by atoms with E-state index in [9.17, 15) is 0 Å². The fraction of sp³-hybridized carbons (Fsp3) is 0.438. The first-order chi connectivity index (χ1) is 9.08. The molecular weight excluding hydrogens is 236 g/mol. The van der Waals surface area contributed by atoms with Gasteiger partial charge in [0.15, 0.2) is 5.76 Å². The van der Waals surface area contributed by atoms with E-state index in [-0.39, 0.29) is 0 Å². The largest absolute Gasteiger partial charge is 0.356 e. The monoisotopic (exact) mass is 258 g/mol. The second-order valence-corrected chi connectivity index (χ2v) is 5.52. The Morgan fingerprint density at radius 2 is 2.05 bits per heavy atom. The summed E-state index contributed by atoms with van der Waals surface area (Å²) in [5, 5.41) is 7.37. The summed E-state index contributed by atoms with van der Waals surface area (Å²) < 4.78 is 5.44. The highest BCUT2D eigenvalue weighted by molar-refractivity contribution is 5.65. The fourth-order valence-corrected chi connectivity index (χ4v) is 2.17. The van der Waals surface area contributed by atoms with E-state index < -0.39 is 0 Å². The zero-order valence-corrected chi connectivity index (χ0v) is 12.2. The third-order valence-corrected chi connectivity index (χ3v) is 3.14. The van der Waals surface area contributed by atoms with Crippen LogP contribution < -0.4 is 5.32 Å². The predicted octanol–water partition coefficient (Wildman–Crippen LogP) is 3.70. The van der Waals surface area contributed by atoms with Crippen LogP contribution in [-0.2, 0) is 6.54 Å². The standard InChI is InChI=1S/C16H22N2O/c1-11(2)8-17-9-14-10-18-19-16(14)15-6-5-12(3)7-13(15)4/h5-7,10-11,17H,8-9H2,1-4H3. The van der Waals surface area contributed by atoms with Gasteiger partial charge in [0.1, 0.15) is 0 Å². The number of nitrogens with zero attached hydrogens (tertiary/aromatic N) is 1. The van der Waals surface area contributed by atoms with E-state index in [0.29, 0.717) is 5.92 Å². The Bertz CT molecular complexity index is 543. The molecular formula is C16H22N2O. The average Bonchev–Trinajstić information content (AvgIpc) is 2.77. The predicted molar refractivity (Wildman–Crippen MR) is 78.0 cm³/mol. The maximum absolute atomic E-state index is 5.44. The minimum atomic E-state index is 0.643. The van der Waals surface area contributed by atoms with Gasteiger partial charge in [-0.3, -0.25) is 0 Å². The molecule has 102 valence electrons. The Morgan fingerprint density at radius 3 is 2.74 bits per heavy atom. The van der Waals surface area contributed by atoms with E-state index in [4.69, 9.17) is 4.52 Å². The van der Waals surface area contributed by atoms with Crippen LogP contribution in [0.2, 0.25) is 0 Å². The van der Waals surface area contributed by atoms with Crippen molar-refractivity contribution in [1.29, 1.82) is 0 Å². The Hall–Kier alpha value is -1.61. The Morgan fingerprint density at radius 1 is 1.26 bits per heavy atom. The van der Waals surface area contributed by atoms with Crippen LogP contribution in [0.3, 0.4) is 0 Å². The second-order valence-electron chi connectivity index (χ2n) is 5.52. The molecule has 0 spiro atoms. The topological polar surface area (TPSA) is 38.1 Å². The number of aromatic nitrogens is 1. The lowest BCUT2D eigenvalue weighted by Gasteiger charge is -2.08. The fourth-order valence-electron chi connectivity index (χ4n) is 2.17. The summed E-state index contributed by atoms with van der Waals surface area (Å²) in [5.74, 6) is 1.53. The third-order valence-electron chi connectivity index (χ3n) is 3.14. The number of hydrogen-bond acceptors (Lipinski definition) is 3. The minimum Gasteiger partial charge on any atom is -0.356 e. The lowest BCUT2D eigenvalue weighted by atomic mass is 10.0.